The lowest BCUT2D eigenvalue weighted by Crippen LogP contribution is -2.15. The van der Waals surface area contributed by atoms with Gasteiger partial charge in [0.25, 0.3) is 0 Å². The molecule has 0 aromatic carbocycles. The molecule has 2 aliphatic heterocycles. The highest BCUT2D eigenvalue weighted by Crippen LogP contribution is 2.43. The number of ether oxygens (including phenoxy) is 1. The van der Waals surface area contributed by atoms with Crippen LogP contribution in [0.25, 0.3) is 0 Å². The normalized spacial score (nSPS) is 33.8. The first-order valence-corrected chi connectivity index (χ1v) is 5.63. The van der Waals surface area contributed by atoms with Gasteiger partial charge in [-0.25, -0.2) is 4.98 Å². The quantitative estimate of drug-likeness (QED) is 0.751. The van der Waals surface area contributed by atoms with E-state index in [1.54, 1.807) is 0 Å². The predicted molar refractivity (Wildman–Crippen MR) is 54.4 cm³/mol. The van der Waals surface area contributed by atoms with Crippen molar-refractivity contribution in [1.29, 1.82) is 0 Å². The number of H-pyrrole nitrogens is 1. The van der Waals surface area contributed by atoms with Crippen LogP contribution >= 0.6 is 0 Å². The smallest absolute Gasteiger partial charge is 0.156 e. The lowest BCUT2D eigenvalue weighted by molar-refractivity contribution is 0.0999. The monoisotopic (exact) mass is 208 g/mol. The van der Waals surface area contributed by atoms with E-state index in [1.807, 2.05) is 0 Å². The van der Waals surface area contributed by atoms with Crippen molar-refractivity contribution in [3.05, 3.63) is 11.6 Å². The minimum atomic E-state index is 0.358. The van der Waals surface area contributed by atoms with Crippen LogP contribution in [-0.4, -0.2) is 33.9 Å². The van der Waals surface area contributed by atoms with Crippen LogP contribution in [0.15, 0.2) is 0 Å². The maximum atomic E-state index is 5.79. The number of hydrogen-bond donors (Lipinski definition) is 2. The van der Waals surface area contributed by atoms with E-state index >= 15 is 0 Å². The summed E-state index contributed by atoms with van der Waals surface area (Å²) in [4.78, 5) is 4.47. The highest BCUT2D eigenvalue weighted by Gasteiger charge is 2.43. The first-order chi connectivity index (χ1) is 7.36. The molecule has 0 saturated carbocycles. The van der Waals surface area contributed by atoms with Crippen molar-refractivity contribution < 1.29 is 4.74 Å². The molecular formula is C10H16N4O. The largest absolute Gasteiger partial charge is 0.374 e. The van der Waals surface area contributed by atoms with E-state index < -0.39 is 0 Å². The van der Waals surface area contributed by atoms with Gasteiger partial charge in [-0.1, -0.05) is 0 Å². The second-order valence-corrected chi connectivity index (χ2v) is 4.40. The molecule has 3 heterocycles. The van der Waals surface area contributed by atoms with Crippen LogP contribution in [0, 0.1) is 0 Å². The van der Waals surface area contributed by atoms with E-state index in [-0.39, 0.29) is 0 Å². The molecule has 82 valence electrons. The van der Waals surface area contributed by atoms with E-state index in [1.165, 1.54) is 6.42 Å². The molecule has 3 unspecified atom stereocenters. The van der Waals surface area contributed by atoms with Gasteiger partial charge in [-0.15, -0.1) is 0 Å². The molecule has 2 saturated heterocycles. The first-order valence-electron chi connectivity index (χ1n) is 5.63. The molecule has 5 heteroatoms. The Balaban J connectivity index is 1.75. The SMILES string of the molecule is NCCc1nc(C2CC3CCC2O3)n[nH]1. The zero-order valence-electron chi connectivity index (χ0n) is 8.65. The van der Waals surface area contributed by atoms with Crippen molar-refractivity contribution in [2.75, 3.05) is 6.54 Å². The van der Waals surface area contributed by atoms with E-state index in [9.17, 15) is 0 Å². The number of hydrogen-bond acceptors (Lipinski definition) is 4. The third kappa shape index (κ3) is 1.55. The van der Waals surface area contributed by atoms with Crippen LogP contribution in [-0.2, 0) is 11.2 Å². The van der Waals surface area contributed by atoms with E-state index in [0.29, 0.717) is 24.7 Å². The average Bonchev–Trinajstić information content (AvgIpc) is 2.91. The number of aromatic nitrogens is 3. The molecule has 0 aliphatic carbocycles. The van der Waals surface area contributed by atoms with Crippen molar-refractivity contribution in [3.8, 4) is 0 Å². The summed E-state index contributed by atoms with van der Waals surface area (Å²) < 4.78 is 5.79. The summed E-state index contributed by atoms with van der Waals surface area (Å²) in [5.74, 6) is 2.23. The Labute approximate surface area is 88.4 Å². The first kappa shape index (κ1) is 9.30. The fourth-order valence-electron chi connectivity index (χ4n) is 2.63. The van der Waals surface area contributed by atoms with Crippen molar-refractivity contribution >= 4 is 0 Å². The zero-order chi connectivity index (χ0) is 10.3. The summed E-state index contributed by atoms with van der Waals surface area (Å²) in [5.41, 5.74) is 5.47. The van der Waals surface area contributed by atoms with E-state index in [0.717, 1.165) is 30.9 Å². The molecule has 0 radical (unpaired) electrons. The van der Waals surface area contributed by atoms with Crippen LogP contribution < -0.4 is 5.73 Å². The second kappa shape index (κ2) is 3.57. The fourth-order valence-corrected chi connectivity index (χ4v) is 2.63. The number of aromatic amines is 1. The number of rotatable bonds is 3. The van der Waals surface area contributed by atoms with Gasteiger partial charge in [0.15, 0.2) is 5.82 Å². The molecule has 2 aliphatic rings. The number of nitrogens with one attached hydrogen (secondary N) is 1. The Hall–Kier alpha value is -0.940. The minimum Gasteiger partial charge on any atom is -0.374 e. The maximum absolute atomic E-state index is 5.79. The third-order valence-electron chi connectivity index (χ3n) is 3.37. The molecule has 3 N–H and O–H groups in total. The van der Waals surface area contributed by atoms with Gasteiger partial charge in [-0.3, -0.25) is 5.10 Å². The molecule has 2 bridgehead atoms. The van der Waals surface area contributed by atoms with Crippen LogP contribution in [0.2, 0.25) is 0 Å². The summed E-state index contributed by atoms with van der Waals surface area (Å²) in [5, 5.41) is 7.21. The predicted octanol–water partition coefficient (Wildman–Crippen LogP) is 0.341. The summed E-state index contributed by atoms with van der Waals surface area (Å²) in [6, 6.07) is 0. The topological polar surface area (TPSA) is 76.8 Å². The molecule has 0 spiro atoms. The lowest BCUT2D eigenvalue weighted by atomic mass is 9.89. The molecule has 0 amide bonds. The Morgan fingerprint density at radius 1 is 1.47 bits per heavy atom. The molecule has 3 rings (SSSR count). The van der Waals surface area contributed by atoms with E-state index in [4.69, 9.17) is 10.5 Å². The number of nitrogens with two attached hydrogens (primary N) is 1. The summed E-state index contributed by atoms with van der Waals surface area (Å²) >= 11 is 0. The Kier molecular flexibility index (Phi) is 2.21. The minimum absolute atomic E-state index is 0.358. The Bertz CT molecular complexity index is 351. The van der Waals surface area contributed by atoms with Gasteiger partial charge in [-0.05, 0) is 25.8 Å². The van der Waals surface area contributed by atoms with Gasteiger partial charge < -0.3 is 10.5 Å². The van der Waals surface area contributed by atoms with Crippen LogP contribution in [0.3, 0.4) is 0 Å². The van der Waals surface area contributed by atoms with Gasteiger partial charge in [-0.2, -0.15) is 5.10 Å². The van der Waals surface area contributed by atoms with Crippen LogP contribution in [0.5, 0.6) is 0 Å². The standard InChI is InChI=1S/C10H16N4O/c11-4-3-9-12-10(14-13-9)7-5-6-1-2-8(7)15-6/h6-8H,1-5,11H2,(H,12,13,14). The highest BCUT2D eigenvalue weighted by atomic mass is 16.5. The lowest BCUT2D eigenvalue weighted by Gasteiger charge is -2.14. The Morgan fingerprint density at radius 2 is 2.40 bits per heavy atom. The maximum Gasteiger partial charge on any atom is 0.156 e. The zero-order valence-corrected chi connectivity index (χ0v) is 8.65. The van der Waals surface area contributed by atoms with Crippen molar-refractivity contribution in [1.82, 2.24) is 15.2 Å². The van der Waals surface area contributed by atoms with Crippen molar-refractivity contribution in [3.63, 3.8) is 0 Å². The summed E-state index contributed by atoms with van der Waals surface area (Å²) in [6.07, 6.45) is 5.05. The second-order valence-electron chi connectivity index (χ2n) is 4.40. The number of nitrogens with zero attached hydrogens (tertiary/aromatic N) is 2. The molecule has 5 nitrogen and oxygen atoms in total. The summed E-state index contributed by atoms with van der Waals surface area (Å²) in [7, 11) is 0. The molecule has 3 atom stereocenters. The molecule has 1 aromatic heterocycles. The van der Waals surface area contributed by atoms with Crippen LogP contribution in [0.1, 0.15) is 36.8 Å². The molecular weight excluding hydrogens is 192 g/mol. The molecule has 15 heavy (non-hydrogen) atoms. The van der Waals surface area contributed by atoms with Gasteiger partial charge >= 0.3 is 0 Å². The van der Waals surface area contributed by atoms with E-state index in [2.05, 4.69) is 15.2 Å². The highest BCUT2D eigenvalue weighted by molar-refractivity contribution is 5.07. The van der Waals surface area contributed by atoms with Crippen molar-refractivity contribution in [2.24, 2.45) is 5.73 Å². The summed E-state index contributed by atoms with van der Waals surface area (Å²) in [6.45, 7) is 0.613. The molecule has 1 aromatic rings. The molecule has 2 fully saturated rings. The van der Waals surface area contributed by atoms with Gasteiger partial charge in [0.05, 0.1) is 12.2 Å². The Morgan fingerprint density at radius 3 is 3.07 bits per heavy atom. The van der Waals surface area contributed by atoms with Gasteiger partial charge in [0, 0.05) is 12.3 Å². The van der Waals surface area contributed by atoms with Crippen molar-refractivity contribution in [2.45, 2.75) is 43.8 Å². The number of fused-ring (bicyclic) bond motifs is 2. The van der Waals surface area contributed by atoms with Gasteiger partial charge in [0.2, 0.25) is 0 Å². The average molecular weight is 208 g/mol. The third-order valence-corrected chi connectivity index (χ3v) is 3.37. The fraction of sp³-hybridized carbons (Fsp3) is 0.800. The van der Waals surface area contributed by atoms with Gasteiger partial charge in [0.1, 0.15) is 5.82 Å². The van der Waals surface area contributed by atoms with Crippen LogP contribution in [0.4, 0.5) is 0 Å².